The lowest BCUT2D eigenvalue weighted by Gasteiger charge is -2.08. The molecule has 1 amide bonds. The molecule has 0 saturated carbocycles. The topological polar surface area (TPSA) is 85.8 Å². The van der Waals surface area contributed by atoms with Gasteiger partial charge in [-0.05, 0) is 43.7 Å². The van der Waals surface area contributed by atoms with Gasteiger partial charge in [-0.15, -0.1) is 0 Å². The van der Waals surface area contributed by atoms with Crippen LogP contribution in [0.15, 0.2) is 59.3 Å². The molecule has 7 nitrogen and oxygen atoms in total. The Kier molecular flexibility index (Phi) is 4.90. The second-order valence-corrected chi connectivity index (χ2v) is 6.62. The summed E-state index contributed by atoms with van der Waals surface area (Å²) < 4.78 is 20.9. The van der Waals surface area contributed by atoms with Gasteiger partial charge in [0.05, 0.1) is 5.69 Å². The van der Waals surface area contributed by atoms with Gasteiger partial charge in [-0.3, -0.25) is 4.79 Å². The zero-order valence-corrected chi connectivity index (χ0v) is 15.9. The summed E-state index contributed by atoms with van der Waals surface area (Å²) in [6.07, 6.45) is 1.67. The Morgan fingerprint density at radius 2 is 1.93 bits per heavy atom. The highest BCUT2D eigenvalue weighted by atomic mass is 19.1. The lowest BCUT2D eigenvalue weighted by atomic mass is 10.2. The van der Waals surface area contributed by atoms with Crippen LogP contribution in [-0.4, -0.2) is 25.6 Å². The summed E-state index contributed by atoms with van der Waals surface area (Å²) in [6.45, 7) is 3.53. The number of benzene rings is 2. The maximum absolute atomic E-state index is 13.9. The van der Waals surface area contributed by atoms with E-state index in [1.807, 2.05) is 30.3 Å². The Balaban J connectivity index is 1.49. The standard InChI is InChI=1S/C21H18FN5O2/c1-13-8-9-17(16(22)10-13)24-19(28)12-27-11-18(23-14(27)2)20-25-21(29-26-20)15-6-4-3-5-7-15/h3-11H,12H2,1-2H3,(H,24,28). The Bertz CT molecular complexity index is 1170. The smallest absolute Gasteiger partial charge is 0.258 e. The van der Waals surface area contributed by atoms with Crippen molar-refractivity contribution >= 4 is 11.6 Å². The van der Waals surface area contributed by atoms with E-state index in [-0.39, 0.29) is 18.1 Å². The van der Waals surface area contributed by atoms with E-state index in [1.165, 1.54) is 6.07 Å². The molecule has 0 saturated heterocycles. The number of nitrogens with one attached hydrogen (secondary N) is 1. The number of aryl methyl sites for hydroxylation is 2. The molecule has 146 valence electrons. The highest BCUT2D eigenvalue weighted by molar-refractivity contribution is 5.90. The molecule has 8 heteroatoms. The van der Waals surface area contributed by atoms with Crippen LogP contribution in [0.1, 0.15) is 11.4 Å². The molecule has 0 aliphatic rings. The van der Waals surface area contributed by atoms with Gasteiger partial charge in [0.1, 0.15) is 23.9 Å². The first-order valence-corrected chi connectivity index (χ1v) is 8.99. The molecule has 0 unspecified atom stereocenters. The first-order valence-electron chi connectivity index (χ1n) is 8.99. The number of imidazole rings is 1. The normalized spacial score (nSPS) is 10.9. The third-order valence-corrected chi connectivity index (χ3v) is 4.36. The third-order valence-electron chi connectivity index (χ3n) is 4.36. The Hall–Kier alpha value is -3.81. The van der Waals surface area contributed by atoms with Crippen LogP contribution in [0, 0.1) is 19.7 Å². The monoisotopic (exact) mass is 391 g/mol. The Labute approximate surface area is 166 Å². The highest BCUT2D eigenvalue weighted by Crippen LogP contribution is 2.22. The minimum Gasteiger partial charge on any atom is -0.334 e. The minimum atomic E-state index is -0.471. The number of nitrogens with zero attached hydrogens (tertiary/aromatic N) is 4. The summed E-state index contributed by atoms with van der Waals surface area (Å²) in [5.41, 5.74) is 2.22. The first-order chi connectivity index (χ1) is 14.0. The molecule has 1 N–H and O–H groups in total. The van der Waals surface area contributed by atoms with Crippen LogP contribution in [0.5, 0.6) is 0 Å². The molecule has 4 rings (SSSR count). The summed E-state index contributed by atoms with van der Waals surface area (Å²) in [6, 6.07) is 14.1. The number of carbonyl (C=O) groups is 1. The predicted octanol–water partition coefficient (Wildman–Crippen LogP) is 3.99. The van der Waals surface area contributed by atoms with E-state index in [0.29, 0.717) is 23.2 Å². The molecular formula is C21H18FN5O2. The van der Waals surface area contributed by atoms with E-state index in [9.17, 15) is 9.18 Å². The van der Waals surface area contributed by atoms with Crippen LogP contribution in [0.3, 0.4) is 0 Å². The molecule has 4 aromatic rings. The zero-order chi connectivity index (χ0) is 20.4. The van der Waals surface area contributed by atoms with E-state index < -0.39 is 5.82 Å². The van der Waals surface area contributed by atoms with E-state index in [0.717, 1.165) is 11.1 Å². The van der Waals surface area contributed by atoms with Crippen LogP contribution >= 0.6 is 0 Å². The molecule has 0 aliphatic heterocycles. The number of amides is 1. The molecule has 0 bridgehead atoms. The van der Waals surface area contributed by atoms with Crippen molar-refractivity contribution in [2.45, 2.75) is 20.4 Å². The van der Waals surface area contributed by atoms with Crippen LogP contribution in [0.2, 0.25) is 0 Å². The fourth-order valence-electron chi connectivity index (χ4n) is 2.87. The molecule has 0 spiro atoms. The van der Waals surface area contributed by atoms with Gasteiger partial charge in [-0.25, -0.2) is 9.37 Å². The average Bonchev–Trinajstić information content (AvgIpc) is 3.32. The van der Waals surface area contributed by atoms with E-state index >= 15 is 0 Å². The van der Waals surface area contributed by atoms with Crippen molar-refractivity contribution in [3.63, 3.8) is 0 Å². The predicted molar refractivity (Wildman–Crippen MR) is 105 cm³/mol. The molecular weight excluding hydrogens is 373 g/mol. The van der Waals surface area contributed by atoms with Crippen LogP contribution < -0.4 is 5.32 Å². The third kappa shape index (κ3) is 4.06. The molecule has 2 aromatic carbocycles. The van der Waals surface area contributed by atoms with E-state index in [2.05, 4.69) is 20.4 Å². The van der Waals surface area contributed by atoms with Crippen molar-refractivity contribution in [1.29, 1.82) is 0 Å². The number of anilines is 1. The maximum Gasteiger partial charge on any atom is 0.258 e. The number of aromatic nitrogens is 4. The molecule has 0 atom stereocenters. The van der Waals surface area contributed by atoms with E-state index in [1.54, 1.807) is 36.7 Å². The summed E-state index contributed by atoms with van der Waals surface area (Å²) in [7, 11) is 0. The van der Waals surface area contributed by atoms with Crippen molar-refractivity contribution < 1.29 is 13.7 Å². The molecule has 0 radical (unpaired) electrons. The number of rotatable bonds is 5. The Morgan fingerprint density at radius 1 is 1.14 bits per heavy atom. The molecule has 29 heavy (non-hydrogen) atoms. The zero-order valence-electron chi connectivity index (χ0n) is 15.9. The molecule has 0 aliphatic carbocycles. The largest absolute Gasteiger partial charge is 0.334 e. The van der Waals surface area contributed by atoms with Crippen LogP contribution in [0.25, 0.3) is 23.0 Å². The quantitative estimate of drug-likeness (QED) is 0.556. The lowest BCUT2D eigenvalue weighted by Crippen LogP contribution is -2.19. The number of carbonyl (C=O) groups excluding carboxylic acids is 1. The van der Waals surface area contributed by atoms with E-state index in [4.69, 9.17) is 4.52 Å². The van der Waals surface area contributed by atoms with Gasteiger partial charge in [0.25, 0.3) is 5.89 Å². The molecule has 2 heterocycles. The van der Waals surface area contributed by atoms with Crippen LogP contribution in [-0.2, 0) is 11.3 Å². The summed E-state index contributed by atoms with van der Waals surface area (Å²) in [5.74, 6) is 0.487. The first kappa shape index (κ1) is 18.5. The van der Waals surface area contributed by atoms with Crippen molar-refractivity contribution in [3.05, 3.63) is 71.9 Å². The number of hydrogen-bond donors (Lipinski definition) is 1. The van der Waals surface area contributed by atoms with Gasteiger partial charge in [-0.2, -0.15) is 4.98 Å². The van der Waals surface area contributed by atoms with Crippen molar-refractivity contribution in [2.75, 3.05) is 5.32 Å². The second kappa shape index (κ2) is 7.67. The Morgan fingerprint density at radius 3 is 2.69 bits per heavy atom. The lowest BCUT2D eigenvalue weighted by molar-refractivity contribution is -0.116. The summed E-state index contributed by atoms with van der Waals surface area (Å²) in [5, 5.41) is 6.55. The fraction of sp³-hybridized carbons (Fsp3) is 0.143. The van der Waals surface area contributed by atoms with Gasteiger partial charge < -0.3 is 14.4 Å². The second-order valence-electron chi connectivity index (χ2n) is 6.62. The van der Waals surface area contributed by atoms with Gasteiger partial charge in [0.15, 0.2) is 0 Å². The number of hydrogen-bond acceptors (Lipinski definition) is 5. The number of halogens is 1. The van der Waals surface area contributed by atoms with Crippen molar-refractivity contribution in [3.8, 4) is 23.0 Å². The SMILES string of the molecule is Cc1ccc(NC(=O)Cn2cc(-c3noc(-c4ccccc4)n3)nc2C)c(F)c1. The van der Waals surface area contributed by atoms with Crippen molar-refractivity contribution in [2.24, 2.45) is 0 Å². The summed E-state index contributed by atoms with van der Waals surface area (Å²) in [4.78, 5) is 21.1. The van der Waals surface area contributed by atoms with Gasteiger partial charge in [0, 0.05) is 11.8 Å². The summed E-state index contributed by atoms with van der Waals surface area (Å²) >= 11 is 0. The minimum absolute atomic E-state index is 0.0183. The fourth-order valence-corrected chi connectivity index (χ4v) is 2.87. The van der Waals surface area contributed by atoms with Gasteiger partial charge in [0.2, 0.25) is 11.7 Å². The van der Waals surface area contributed by atoms with Crippen molar-refractivity contribution in [1.82, 2.24) is 19.7 Å². The maximum atomic E-state index is 13.9. The van der Waals surface area contributed by atoms with Gasteiger partial charge >= 0.3 is 0 Å². The molecule has 0 fully saturated rings. The van der Waals surface area contributed by atoms with Gasteiger partial charge in [-0.1, -0.05) is 29.4 Å². The highest BCUT2D eigenvalue weighted by Gasteiger charge is 2.16. The van der Waals surface area contributed by atoms with Crippen LogP contribution in [0.4, 0.5) is 10.1 Å². The average molecular weight is 391 g/mol. The molecule has 2 aromatic heterocycles.